The predicted octanol–water partition coefficient (Wildman–Crippen LogP) is 1.32. The van der Waals surface area contributed by atoms with Gasteiger partial charge in [-0.2, -0.15) is 0 Å². The first-order chi connectivity index (χ1) is 9.95. The number of carbonyl (C=O) groups is 2. The quantitative estimate of drug-likeness (QED) is 0.889. The van der Waals surface area contributed by atoms with Crippen LogP contribution in [0.4, 0.5) is 10.1 Å². The topological polar surface area (TPSA) is 88.4 Å². The zero-order valence-corrected chi connectivity index (χ0v) is 10.7. The van der Waals surface area contributed by atoms with Crippen LogP contribution in [-0.2, 0) is 11.3 Å². The molecule has 0 unspecified atom stereocenters. The molecule has 0 saturated heterocycles. The number of carboxylic acids is 1. The first-order valence-electron chi connectivity index (χ1n) is 5.95. The van der Waals surface area contributed by atoms with E-state index in [2.05, 4.69) is 5.32 Å². The number of nitrogens with zero attached hydrogens (tertiary/aromatic N) is 1. The van der Waals surface area contributed by atoms with E-state index >= 15 is 0 Å². The Hall–Kier alpha value is -2.96. The van der Waals surface area contributed by atoms with E-state index in [4.69, 9.17) is 5.11 Å². The lowest BCUT2D eigenvalue weighted by molar-refractivity contribution is -0.116. The highest BCUT2D eigenvalue weighted by molar-refractivity contribution is 5.92. The van der Waals surface area contributed by atoms with Gasteiger partial charge >= 0.3 is 5.97 Å². The van der Waals surface area contributed by atoms with Crippen molar-refractivity contribution in [1.29, 1.82) is 0 Å². The lowest BCUT2D eigenvalue weighted by Gasteiger charge is -2.07. The number of nitrogens with one attached hydrogen (secondary N) is 1. The molecular weight excluding hydrogens is 279 g/mol. The zero-order valence-electron chi connectivity index (χ0n) is 10.7. The number of hydrogen-bond acceptors (Lipinski definition) is 3. The molecule has 108 valence electrons. The second kappa shape index (κ2) is 6.00. The van der Waals surface area contributed by atoms with Crippen molar-refractivity contribution in [1.82, 2.24) is 4.57 Å². The molecule has 21 heavy (non-hydrogen) atoms. The Labute approximate surface area is 118 Å². The lowest BCUT2D eigenvalue weighted by atomic mass is 10.2. The Morgan fingerprint density at radius 2 is 1.81 bits per heavy atom. The van der Waals surface area contributed by atoms with Crippen LogP contribution >= 0.6 is 0 Å². The maximum Gasteiger partial charge on any atom is 0.335 e. The summed E-state index contributed by atoms with van der Waals surface area (Å²) in [6, 6.07) is 7.58. The summed E-state index contributed by atoms with van der Waals surface area (Å²) in [5.41, 5.74) is -0.0171. The van der Waals surface area contributed by atoms with E-state index in [1.54, 1.807) is 0 Å². The van der Waals surface area contributed by atoms with Gasteiger partial charge in [-0.1, -0.05) is 0 Å². The van der Waals surface area contributed by atoms with Crippen LogP contribution in [0.3, 0.4) is 0 Å². The number of aromatic nitrogens is 1. The summed E-state index contributed by atoms with van der Waals surface area (Å²) in [6.45, 7) is -0.336. The minimum atomic E-state index is -1.07. The molecule has 7 heteroatoms. The van der Waals surface area contributed by atoms with Crippen molar-refractivity contribution in [3.05, 3.63) is 64.3 Å². The average Bonchev–Trinajstić information content (AvgIpc) is 2.43. The van der Waals surface area contributed by atoms with Gasteiger partial charge in [0.2, 0.25) is 5.91 Å². The Bertz CT molecular complexity index is 737. The first kappa shape index (κ1) is 14.4. The molecule has 0 saturated carbocycles. The number of hydrogen-bond donors (Lipinski definition) is 2. The van der Waals surface area contributed by atoms with E-state index in [0.717, 1.165) is 22.9 Å². The molecule has 0 atom stereocenters. The first-order valence-corrected chi connectivity index (χ1v) is 5.95. The Morgan fingerprint density at radius 1 is 1.14 bits per heavy atom. The van der Waals surface area contributed by atoms with E-state index in [-0.39, 0.29) is 12.1 Å². The maximum atomic E-state index is 13.0. The van der Waals surface area contributed by atoms with Crippen molar-refractivity contribution in [3.63, 3.8) is 0 Å². The van der Waals surface area contributed by atoms with E-state index in [9.17, 15) is 18.8 Å². The highest BCUT2D eigenvalue weighted by Crippen LogP contribution is 2.09. The third-order valence-electron chi connectivity index (χ3n) is 2.68. The minimum absolute atomic E-state index is 0.0920. The molecule has 1 aromatic heterocycles. The Morgan fingerprint density at radius 3 is 2.43 bits per heavy atom. The number of halogens is 1. The van der Waals surface area contributed by atoms with E-state index < -0.39 is 23.3 Å². The van der Waals surface area contributed by atoms with Gasteiger partial charge in [0.05, 0.1) is 5.56 Å². The van der Waals surface area contributed by atoms with Crippen molar-refractivity contribution in [2.45, 2.75) is 6.54 Å². The summed E-state index contributed by atoms with van der Waals surface area (Å²) < 4.78 is 13.9. The summed E-state index contributed by atoms with van der Waals surface area (Å²) >= 11 is 0. The maximum absolute atomic E-state index is 13.0. The number of carboxylic acid groups (broad SMARTS) is 1. The standard InChI is InChI=1S/C14H11FN2O4/c15-10-3-6-13(19)17(7-10)8-12(18)16-11-4-1-9(2-5-11)14(20)21/h1-7H,8H2,(H,16,18)(H,20,21). The van der Waals surface area contributed by atoms with E-state index in [1.165, 1.54) is 24.3 Å². The zero-order chi connectivity index (χ0) is 15.4. The van der Waals surface area contributed by atoms with Crippen LogP contribution in [0.5, 0.6) is 0 Å². The van der Waals surface area contributed by atoms with Crippen molar-refractivity contribution in [3.8, 4) is 0 Å². The van der Waals surface area contributed by atoms with Crippen molar-refractivity contribution in [2.75, 3.05) is 5.32 Å². The molecule has 2 N–H and O–H groups in total. The largest absolute Gasteiger partial charge is 0.478 e. The Balaban J connectivity index is 2.06. The van der Waals surface area contributed by atoms with Gasteiger partial charge in [-0.3, -0.25) is 9.59 Å². The van der Waals surface area contributed by atoms with Crippen LogP contribution in [0, 0.1) is 5.82 Å². The van der Waals surface area contributed by atoms with Crippen LogP contribution in [0.15, 0.2) is 47.4 Å². The van der Waals surface area contributed by atoms with Gasteiger partial charge in [-0.25, -0.2) is 9.18 Å². The fraction of sp³-hybridized carbons (Fsp3) is 0.0714. The van der Waals surface area contributed by atoms with Gasteiger partial charge in [0, 0.05) is 18.0 Å². The molecule has 0 aliphatic rings. The summed E-state index contributed by atoms with van der Waals surface area (Å²) in [4.78, 5) is 33.9. The molecule has 6 nitrogen and oxygen atoms in total. The van der Waals surface area contributed by atoms with Crippen LogP contribution in [0.1, 0.15) is 10.4 Å². The number of rotatable bonds is 4. The van der Waals surface area contributed by atoms with E-state index in [0.29, 0.717) is 5.69 Å². The fourth-order valence-electron chi connectivity index (χ4n) is 1.68. The van der Waals surface area contributed by atoms with Gasteiger partial charge in [0.15, 0.2) is 0 Å². The normalized spacial score (nSPS) is 10.1. The third kappa shape index (κ3) is 3.75. The van der Waals surface area contributed by atoms with Gasteiger partial charge < -0.3 is 15.0 Å². The number of benzene rings is 1. The molecule has 0 aliphatic heterocycles. The smallest absolute Gasteiger partial charge is 0.335 e. The number of anilines is 1. The molecule has 1 heterocycles. The summed E-state index contributed by atoms with van der Waals surface area (Å²) in [5.74, 6) is -2.21. The molecule has 0 radical (unpaired) electrons. The fourth-order valence-corrected chi connectivity index (χ4v) is 1.68. The van der Waals surface area contributed by atoms with Gasteiger partial charge in [0.1, 0.15) is 12.4 Å². The van der Waals surface area contributed by atoms with E-state index in [1.807, 2.05) is 0 Å². The molecular formula is C14H11FN2O4. The number of aromatic carboxylic acids is 1. The summed E-state index contributed by atoms with van der Waals surface area (Å²) in [7, 11) is 0. The van der Waals surface area contributed by atoms with Crippen LogP contribution in [0.2, 0.25) is 0 Å². The van der Waals surface area contributed by atoms with Crippen molar-refractivity contribution in [2.24, 2.45) is 0 Å². The molecule has 1 aromatic carbocycles. The highest BCUT2D eigenvalue weighted by Gasteiger charge is 2.07. The van der Waals surface area contributed by atoms with Crippen LogP contribution in [-0.4, -0.2) is 21.6 Å². The second-order valence-electron chi connectivity index (χ2n) is 4.24. The third-order valence-corrected chi connectivity index (χ3v) is 2.68. The van der Waals surface area contributed by atoms with Crippen LogP contribution < -0.4 is 10.9 Å². The molecule has 0 spiro atoms. The molecule has 2 aromatic rings. The highest BCUT2D eigenvalue weighted by atomic mass is 19.1. The van der Waals surface area contributed by atoms with Crippen molar-refractivity contribution < 1.29 is 19.1 Å². The minimum Gasteiger partial charge on any atom is -0.478 e. The number of amides is 1. The van der Waals surface area contributed by atoms with Crippen molar-refractivity contribution >= 4 is 17.6 Å². The molecule has 0 aliphatic carbocycles. The summed E-state index contributed by atoms with van der Waals surface area (Å²) in [6.07, 6.45) is 0.940. The van der Waals surface area contributed by atoms with Gasteiger partial charge in [-0.05, 0) is 30.3 Å². The second-order valence-corrected chi connectivity index (χ2v) is 4.24. The molecule has 0 bridgehead atoms. The predicted molar refractivity (Wildman–Crippen MR) is 72.7 cm³/mol. The average molecular weight is 290 g/mol. The molecule has 0 fully saturated rings. The molecule has 1 amide bonds. The van der Waals surface area contributed by atoms with Gasteiger partial charge in [0.25, 0.3) is 5.56 Å². The summed E-state index contributed by atoms with van der Waals surface area (Å²) in [5, 5.41) is 11.2. The number of carbonyl (C=O) groups excluding carboxylic acids is 1. The van der Waals surface area contributed by atoms with Gasteiger partial charge in [-0.15, -0.1) is 0 Å². The number of pyridine rings is 1. The lowest BCUT2D eigenvalue weighted by Crippen LogP contribution is -2.27. The Kier molecular flexibility index (Phi) is 4.13. The monoisotopic (exact) mass is 290 g/mol. The van der Waals surface area contributed by atoms with Crippen LogP contribution in [0.25, 0.3) is 0 Å². The molecule has 2 rings (SSSR count). The SMILES string of the molecule is O=C(Cn1cc(F)ccc1=O)Nc1ccc(C(=O)O)cc1.